The van der Waals surface area contributed by atoms with Crippen molar-refractivity contribution in [1.29, 1.82) is 0 Å². The number of hydrogen-bond donors (Lipinski definition) is 3. The summed E-state index contributed by atoms with van der Waals surface area (Å²) in [5.74, 6) is 5.47. The van der Waals surface area contributed by atoms with Gasteiger partial charge in [0.2, 0.25) is 0 Å². The summed E-state index contributed by atoms with van der Waals surface area (Å²) in [5.41, 5.74) is 1.76. The van der Waals surface area contributed by atoms with Gasteiger partial charge in [-0.25, -0.2) is 5.43 Å². The number of hydrogen-bond acceptors (Lipinski definition) is 4. The largest absolute Gasteiger partial charge is 0.382 e. The lowest BCUT2D eigenvalue weighted by atomic mass is 10.1. The molecule has 0 aromatic heterocycles. The zero-order valence-corrected chi connectivity index (χ0v) is 7.42. The van der Waals surface area contributed by atoms with Gasteiger partial charge < -0.3 is 10.9 Å². The number of nitrogens with two attached hydrogens (primary N) is 1. The van der Waals surface area contributed by atoms with Crippen molar-refractivity contribution in [3.8, 4) is 0 Å². The average molecular weight is 160 g/mol. The van der Waals surface area contributed by atoms with Crippen LogP contribution in [0.25, 0.3) is 0 Å². The van der Waals surface area contributed by atoms with E-state index in [1.54, 1.807) is 33.0 Å². The van der Waals surface area contributed by atoms with Crippen LogP contribution in [0.2, 0.25) is 0 Å². The second kappa shape index (κ2) is 3.54. The molecule has 0 unspecified atom stereocenters. The molecule has 4 N–H and O–H groups in total. The van der Waals surface area contributed by atoms with E-state index in [0.717, 1.165) is 0 Å². The Bertz CT molecular complexity index is 149. The van der Waals surface area contributed by atoms with E-state index in [9.17, 15) is 5.11 Å². The highest BCUT2D eigenvalue weighted by atomic mass is 16.3. The minimum atomic E-state index is -1.02. The minimum Gasteiger partial charge on any atom is -0.382 e. The van der Waals surface area contributed by atoms with Crippen molar-refractivity contribution in [3.63, 3.8) is 0 Å². The summed E-state index contributed by atoms with van der Waals surface area (Å²) in [6.07, 6.45) is 0. The molecule has 0 saturated heterocycles. The van der Waals surface area contributed by atoms with Crippen molar-refractivity contribution >= 4 is 5.84 Å². The van der Waals surface area contributed by atoms with Crippen LogP contribution in [-0.2, 0) is 0 Å². The SMILES string of the molecule is CNN(C)/C(=N\N)C(C)(C)O. The minimum absolute atomic E-state index is 0.389. The van der Waals surface area contributed by atoms with Gasteiger partial charge in [-0.3, -0.25) is 5.01 Å². The Kier molecular flexibility index (Phi) is 3.28. The zero-order chi connectivity index (χ0) is 9.07. The lowest BCUT2D eigenvalue weighted by molar-refractivity contribution is 0.133. The van der Waals surface area contributed by atoms with E-state index in [2.05, 4.69) is 10.5 Å². The van der Waals surface area contributed by atoms with E-state index in [0.29, 0.717) is 5.84 Å². The van der Waals surface area contributed by atoms with Crippen molar-refractivity contribution in [2.45, 2.75) is 19.4 Å². The quantitative estimate of drug-likeness (QED) is 0.212. The maximum absolute atomic E-state index is 9.49. The first-order chi connectivity index (χ1) is 4.93. The number of amidine groups is 1. The van der Waals surface area contributed by atoms with Gasteiger partial charge in [0.25, 0.3) is 0 Å². The number of hydrazone groups is 1. The Morgan fingerprint density at radius 3 is 2.18 bits per heavy atom. The third kappa shape index (κ3) is 2.73. The second-order valence-electron chi connectivity index (χ2n) is 2.79. The first-order valence-electron chi connectivity index (χ1n) is 3.35. The molecule has 0 fully saturated rings. The van der Waals surface area contributed by atoms with E-state index in [-0.39, 0.29) is 0 Å². The lowest BCUT2D eigenvalue weighted by Crippen LogP contribution is -2.48. The monoisotopic (exact) mass is 160 g/mol. The number of aliphatic hydroxyl groups is 1. The van der Waals surface area contributed by atoms with Crippen LogP contribution < -0.4 is 11.3 Å². The Hall–Kier alpha value is -0.810. The van der Waals surface area contributed by atoms with Crippen molar-refractivity contribution in [2.75, 3.05) is 14.1 Å². The molecule has 11 heavy (non-hydrogen) atoms. The van der Waals surface area contributed by atoms with Crippen molar-refractivity contribution in [2.24, 2.45) is 10.9 Å². The smallest absolute Gasteiger partial charge is 0.169 e. The number of nitrogens with one attached hydrogen (secondary N) is 1. The molecule has 0 aromatic carbocycles. The molecular formula is C6H16N4O. The van der Waals surface area contributed by atoms with Crippen LogP contribution in [0, 0.1) is 0 Å². The van der Waals surface area contributed by atoms with E-state index >= 15 is 0 Å². The maximum Gasteiger partial charge on any atom is 0.169 e. The van der Waals surface area contributed by atoms with Gasteiger partial charge in [0, 0.05) is 14.1 Å². The molecule has 0 aliphatic rings. The van der Waals surface area contributed by atoms with Gasteiger partial charge in [-0.05, 0) is 13.8 Å². The summed E-state index contributed by atoms with van der Waals surface area (Å²) >= 11 is 0. The highest BCUT2D eigenvalue weighted by Gasteiger charge is 2.24. The Morgan fingerprint density at radius 1 is 1.64 bits per heavy atom. The normalized spacial score (nSPS) is 13.4. The number of hydrazine groups is 1. The first-order valence-corrected chi connectivity index (χ1v) is 3.35. The molecular weight excluding hydrogens is 144 g/mol. The summed E-state index contributed by atoms with van der Waals surface area (Å²) in [6.45, 7) is 3.24. The third-order valence-corrected chi connectivity index (χ3v) is 1.32. The average Bonchev–Trinajstić information content (AvgIpc) is 1.86. The zero-order valence-electron chi connectivity index (χ0n) is 7.42. The summed E-state index contributed by atoms with van der Waals surface area (Å²) in [7, 11) is 3.45. The number of likely N-dealkylation sites (N-methyl/N-ethyl adjacent to an activating group) is 1. The van der Waals surface area contributed by atoms with E-state index in [1.165, 1.54) is 0 Å². The van der Waals surface area contributed by atoms with Crippen LogP contribution in [0.5, 0.6) is 0 Å². The fraction of sp³-hybridized carbons (Fsp3) is 0.833. The van der Waals surface area contributed by atoms with Crippen molar-refractivity contribution < 1.29 is 5.11 Å². The molecule has 0 spiro atoms. The predicted octanol–water partition coefficient (Wildman–Crippen LogP) is -0.904. The van der Waals surface area contributed by atoms with E-state index in [4.69, 9.17) is 5.84 Å². The lowest BCUT2D eigenvalue weighted by Gasteiger charge is -2.27. The molecule has 0 aliphatic carbocycles. The molecule has 66 valence electrons. The van der Waals surface area contributed by atoms with Crippen LogP contribution in [0.15, 0.2) is 5.10 Å². The van der Waals surface area contributed by atoms with Crippen LogP contribution in [0.3, 0.4) is 0 Å². The molecule has 5 heteroatoms. The maximum atomic E-state index is 9.49. The number of nitrogens with zero attached hydrogens (tertiary/aromatic N) is 2. The number of rotatable bonds is 2. The van der Waals surface area contributed by atoms with Gasteiger partial charge in [-0.2, -0.15) is 5.10 Å². The van der Waals surface area contributed by atoms with Crippen molar-refractivity contribution in [1.82, 2.24) is 10.4 Å². The first kappa shape index (κ1) is 10.2. The molecule has 0 bridgehead atoms. The van der Waals surface area contributed by atoms with Gasteiger partial charge in [-0.1, -0.05) is 0 Å². The van der Waals surface area contributed by atoms with Crippen LogP contribution in [-0.4, -0.2) is 35.6 Å². The van der Waals surface area contributed by atoms with Crippen LogP contribution in [0.4, 0.5) is 0 Å². The topological polar surface area (TPSA) is 73.9 Å². The van der Waals surface area contributed by atoms with Crippen LogP contribution >= 0.6 is 0 Å². The predicted molar refractivity (Wildman–Crippen MR) is 44.7 cm³/mol. The van der Waals surface area contributed by atoms with Gasteiger partial charge in [0.15, 0.2) is 5.84 Å². The van der Waals surface area contributed by atoms with E-state index in [1.807, 2.05) is 0 Å². The van der Waals surface area contributed by atoms with Gasteiger partial charge in [-0.15, -0.1) is 0 Å². The highest BCUT2D eigenvalue weighted by molar-refractivity contribution is 5.88. The third-order valence-electron chi connectivity index (χ3n) is 1.32. The highest BCUT2D eigenvalue weighted by Crippen LogP contribution is 2.04. The van der Waals surface area contributed by atoms with Gasteiger partial charge >= 0.3 is 0 Å². The summed E-state index contributed by atoms with van der Waals surface area (Å²) in [6, 6.07) is 0. The fourth-order valence-corrected chi connectivity index (χ4v) is 0.761. The molecule has 0 amide bonds. The molecule has 0 atom stereocenters. The van der Waals surface area contributed by atoms with E-state index < -0.39 is 5.60 Å². The molecule has 0 aromatic rings. The molecule has 5 nitrogen and oxygen atoms in total. The standard InChI is InChI=1S/C6H16N4O/c1-6(2,11)5(9-7)10(4)8-3/h8,11H,7H2,1-4H3/b9-5-. The summed E-state index contributed by atoms with van der Waals surface area (Å²) in [4.78, 5) is 0. The Balaban J connectivity index is 4.44. The summed E-state index contributed by atoms with van der Waals surface area (Å²) < 4.78 is 0. The van der Waals surface area contributed by atoms with Crippen LogP contribution in [0.1, 0.15) is 13.8 Å². The fourth-order valence-electron chi connectivity index (χ4n) is 0.761. The molecule has 0 radical (unpaired) electrons. The summed E-state index contributed by atoms with van der Waals surface area (Å²) in [5, 5.41) is 14.5. The molecule has 0 rings (SSSR count). The molecule has 0 aliphatic heterocycles. The Labute approximate surface area is 66.8 Å². The van der Waals surface area contributed by atoms with Gasteiger partial charge in [0.05, 0.1) is 0 Å². The molecule has 0 saturated carbocycles. The Morgan fingerprint density at radius 2 is 2.09 bits per heavy atom. The van der Waals surface area contributed by atoms with Gasteiger partial charge in [0.1, 0.15) is 5.60 Å². The molecule has 0 heterocycles. The van der Waals surface area contributed by atoms with Crippen molar-refractivity contribution in [3.05, 3.63) is 0 Å². The second-order valence-corrected chi connectivity index (χ2v) is 2.79.